The molecule has 0 atom stereocenters. The molecule has 0 fully saturated rings. The Morgan fingerprint density at radius 3 is 2.21 bits per heavy atom. The van der Waals surface area contributed by atoms with Crippen LogP contribution in [0.25, 0.3) is 0 Å². The van der Waals surface area contributed by atoms with Gasteiger partial charge in [-0.15, -0.1) is 0 Å². The summed E-state index contributed by atoms with van der Waals surface area (Å²) >= 11 is 3.99. The molecule has 0 N–H and O–H groups in total. The predicted molar refractivity (Wildman–Crippen MR) is 78.1 cm³/mol. The molecule has 0 aliphatic carbocycles. The molecule has 0 saturated heterocycles. The van der Waals surface area contributed by atoms with Gasteiger partial charge in [0, 0.05) is 0 Å². The zero-order valence-electron chi connectivity index (χ0n) is 11.6. The number of aliphatic imine (C=N–C) groups is 1. The molecule has 11 heteroatoms. The Balaban J connectivity index is 3.33. The van der Waals surface area contributed by atoms with Crippen LogP contribution in [0.4, 0.5) is 26.3 Å². The second-order valence-corrected chi connectivity index (χ2v) is 6.53. The van der Waals surface area contributed by atoms with E-state index in [2.05, 4.69) is 17.2 Å². The van der Waals surface area contributed by atoms with Gasteiger partial charge in [-0.2, -0.15) is 22.6 Å². The highest BCUT2D eigenvalue weighted by Gasteiger charge is 2.65. The molecule has 0 radical (unpaired) electrons. The number of allylic oxidation sites excluding steroid dienone is 1. The van der Waals surface area contributed by atoms with Gasteiger partial charge >= 0.3 is 18.3 Å². The van der Waals surface area contributed by atoms with Crippen LogP contribution in [0, 0.1) is 0 Å². The summed E-state index contributed by atoms with van der Waals surface area (Å²) in [6.45, 7) is 0. The molecule has 24 heavy (non-hydrogen) atoms. The molecule has 0 unspecified atom stereocenters. The Morgan fingerprint density at radius 1 is 1.21 bits per heavy atom. The van der Waals surface area contributed by atoms with Crippen LogP contribution in [0.3, 0.4) is 0 Å². The van der Waals surface area contributed by atoms with Crippen molar-refractivity contribution in [3.63, 3.8) is 0 Å². The monoisotopic (exact) mass is 389 g/mol. The van der Waals surface area contributed by atoms with Crippen molar-refractivity contribution in [2.24, 2.45) is 4.99 Å². The summed E-state index contributed by atoms with van der Waals surface area (Å²) in [7, 11) is -4.53. The maximum Gasteiger partial charge on any atom is 0.375 e. The molecular weight excluding hydrogens is 380 g/mol. The van der Waals surface area contributed by atoms with Gasteiger partial charge in [-0.05, 0) is 17.8 Å². The zero-order chi connectivity index (χ0) is 18.6. The third-order valence-electron chi connectivity index (χ3n) is 2.68. The fourth-order valence-electron chi connectivity index (χ4n) is 1.55. The maximum absolute atomic E-state index is 13.6. The van der Waals surface area contributed by atoms with E-state index in [1.807, 2.05) is 0 Å². The molecular formula is C13H9F6NO2S2. The van der Waals surface area contributed by atoms with Crippen LogP contribution in [0.5, 0.6) is 0 Å². The first-order valence-corrected chi connectivity index (χ1v) is 8.17. The lowest BCUT2D eigenvalue weighted by atomic mass is 10.1. The van der Waals surface area contributed by atoms with Crippen LogP contribution < -0.4 is 0 Å². The molecule has 0 heterocycles. The minimum Gasteiger partial charge on any atom is -0.224 e. The number of thiocarbonyl (C=S) groups is 1. The van der Waals surface area contributed by atoms with Crippen molar-refractivity contribution in [1.29, 1.82) is 0 Å². The number of rotatable bonds is 7. The standard InChI is InChI=1S/C13H9F6NO2S2/c14-11(15)13(18,19)12(16,17)10(20-8-23)7-24(21,22)6-9-4-2-1-3-5-9/h1-5,7,11H,6H2/b10-7-. The molecule has 0 aromatic heterocycles. The van der Waals surface area contributed by atoms with Crippen LogP contribution >= 0.6 is 12.2 Å². The number of nitrogens with zero attached hydrogens (tertiary/aromatic N) is 1. The molecule has 1 aromatic carbocycles. The van der Waals surface area contributed by atoms with Crippen LogP contribution in [0.15, 0.2) is 46.4 Å². The fourth-order valence-corrected chi connectivity index (χ4v) is 2.93. The van der Waals surface area contributed by atoms with E-state index >= 15 is 0 Å². The van der Waals surface area contributed by atoms with Crippen LogP contribution in [0.1, 0.15) is 5.56 Å². The van der Waals surface area contributed by atoms with E-state index in [0.29, 0.717) is 0 Å². The zero-order valence-corrected chi connectivity index (χ0v) is 13.2. The lowest BCUT2D eigenvalue weighted by Gasteiger charge is -2.25. The molecule has 3 nitrogen and oxygen atoms in total. The first kappa shape index (κ1) is 20.3. The van der Waals surface area contributed by atoms with Gasteiger partial charge in [-0.1, -0.05) is 30.3 Å². The van der Waals surface area contributed by atoms with Crippen LogP contribution in [-0.2, 0) is 15.6 Å². The number of halogens is 6. The van der Waals surface area contributed by atoms with Crippen molar-refractivity contribution in [3.8, 4) is 0 Å². The quantitative estimate of drug-likeness (QED) is 0.401. The number of hydrogen-bond donors (Lipinski definition) is 0. The molecule has 1 rings (SSSR count). The molecule has 0 amide bonds. The smallest absolute Gasteiger partial charge is 0.224 e. The van der Waals surface area contributed by atoms with Gasteiger partial charge in [0.25, 0.3) is 0 Å². The summed E-state index contributed by atoms with van der Waals surface area (Å²) in [5.74, 6) is -12.2. The third kappa shape index (κ3) is 4.65. The molecule has 0 aliphatic rings. The van der Waals surface area contributed by atoms with E-state index in [9.17, 15) is 34.8 Å². The molecule has 1 aromatic rings. The molecule has 0 bridgehead atoms. The summed E-state index contributed by atoms with van der Waals surface area (Å²) in [6.07, 6.45) is -4.74. The van der Waals surface area contributed by atoms with E-state index in [4.69, 9.17) is 0 Å². The number of alkyl halides is 6. The Morgan fingerprint density at radius 2 is 1.75 bits per heavy atom. The van der Waals surface area contributed by atoms with E-state index in [-0.39, 0.29) is 11.0 Å². The summed E-state index contributed by atoms with van der Waals surface area (Å²) in [5, 5.41) is 0.993. The lowest BCUT2D eigenvalue weighted by Crippen LogP contribution is -2.47. The van der Waals surface area contributed by atoms with E-state index in [0.717, 1.165) is 0 Å². The summed E-state index contributed by atoms with van der Waals surface area (Å²) < 4.78 is 101. The summed E-state index contributed by atoms with van der Waals surface area (Å²) in [4.78, 5) is 2.55. The summed E-state index contributed by atoms with van der Waals surface area (Å²) in [6, 6.07) is 7.18. The number of benzene rings is 1. The highest BCUT2D eigenvalue weighted by Crippen LogP contribution is 2.44. The van der Waals surface area contributed by atoms with E-state index in [1.165, 1.54) is 29.4 Å². The minimum absolute atomic E-state index is 0.170. The van der Waals surface area contributed by atoms with E-state index < -0.39 is 39.6 Å². The molecule has 132 valence electrons. The van der Waals surface area contributed by atoms with E-state index in [1.54, 1.807) is 6.07 Å². The molecule has 0 aliphatic heterocycles. The van der Waals surface area contributed by atoms with Gasteiger partial charge in [-0.3, -0.25) is 0 Å². The average molecular weight is 389 g/mol. The van der Waals surface area contributed by atoms with Gasteiger partial charge in [0.05, 0.1) is 16.3 Å². The van der Waals surface area contributed by atoms with Gasteiger partial charge in [0.1, 0.15) is 5.70 Å². The largest absolute Gasteiger partial charge is 0.375 e. The topological polar surface area (TPSA) is 46.5 Å². The van der Waals surface area contributed by atoms with Crippen molar-refractivity contribution in [3.05, 3.63) is 47.0 Å². The average Bonchev–Trinajstić information content (AvgIpc) is 2.46. The van der Waals surface area contributed by atoms with Crippen LogP contribution in [-0.4, -0.2) is 31.8 Å². The Bertz CT molecular complexity index is 756. The fraction of sp³-hybridized carbons (Fsp3) is 0.308. The number of hydrogen-bond acceptors (Lipinski definition) is 4. The lowest BCUT2D eigenvalue weighted by molar-refractivity contribution is -0.246. The second-order valence-electron chi connectivity index (χ2n) is 4.50. The highest BCUT2D eigenvalue weighted by atomic mass is 32.2. The second kappa shape index (κ2) is 7.45. The van der Waals surface area contributed by atoms with Crippen molar-refractivity contribution in [2.75, 3.05) is 0 Å². The van der Waals surface area contributed by atoms with Gasteiger partial charge in [-0.25, -0.2) is 17.2 Å². The predicted octanol–water partition coefficient (Wildman–Crippen LogP) is 4.08. The summed E-state index contributed by atoms with van der Waals surface area (Å²) in [5.41, 5.74) is -1.94. The van der Waals surface area contributed by atoms with Crippen molar-refractivity contribution >= 4 is 27.2 Å². The molecule has 0 saturated carbocycles. The molecule has 0 spiro atoms. The van der Waals surface area contributed by atoms with Crippen molar-refractivity contribution < 1.29 is 34.8 Å². The van der Waals surface area contributed by atoms with Crippen molar-refractivity contribution in [1.82, 2.24) is 0 Å². The minimum atomic E-state index is -5.84. The maximum atomic E-state index is 13.6. The first-order valence-electron chi connectivity index (χ1n) is 6.04. The number of isothiocyanates is 1. The van der Waals surface area contributed by atoms with Gasteiger partial charge in [0.15, 0.2) is 9.84 Å². The van der Waals surface area contributed by atoms with Crippen LogP contribution in [0.2, 0.25) is 0 Å². The third-order valence-corrected chi connectivity index (χ3v) is 4.09. The first-order chi connectivity index (χ1) is 10.9. The van der Waals surface area contributed by atoms with Crippen molar-refractivity contribution in [2.45, 2.75) is 24.0 Å². The normalized spacial score (nSPS) is 13.7. The SMILES string of the molecule is O=S(=O)(/C=C(\N=C=S)C(F)(F)C(F)(F)C(F)F)Cc1ccccc1. The number of sulfone groups is 1. The van der Waals surface area contributed by atoms with Gasteiger partial charge < -0.3 is 0 Å². The highest BCUT2D eigenvalue weighted by molar-refractivity contribution is 7.93. The Kier molecular flexibility index (Phi) is 6.32. The Labute approximate surface area is 138 Å². The van der Waals surface area contributed by atoms with Gasteiger partial charge in [0.2, 0.25) is 0 Å². The Hall–Kier alpha value is -1.71.